The Labute approximate surface area is 150 Å². The minimum atomic E-state index is -3.28. The second-order valence-electron chi connectivity index (χ2n) is 6.87. The molecule has 0 unspecified atom stereocenters. The molecule has 1 heterocycles. The highest BCUT2D eigenvalue weighted by atomic mass is 32.2. The molecule has 1 aromatic carbocycles. The molecule has 1 aliphatic carbocycles. The Kier molecular flexibility index (Phi) is 5.96. The van der Waals surface area contributed by atoms with E-state index in [4.69, 9.17) is 0 Å². The molecule has 6 nitrogen and oxygen atoms in total. The maximum Gasteiger partial charge on any atom is 0.317 e. The molecule has 25 heavy (non-hydrogen) atoms. The third kappa shape index (κ3) is 4.95. The maximum atomic E-state index is 12.5. The fourth-order valence-corrected chi connectivity index (χ4v) is 5.00. The van der Waals surface area contributed by atoms with Crippen molar-refractivity contribution in [3.05, 3.63) is 35.9 Å². The minimum Gasteiger partial charge on any atom is -0.335 e. The van der Waals surface area contributed by atoms with E-state index < -0.39 is 10.0 Å². The van der Waals surface area contributed by atoms with Gasteiger partial charge in [0.15, 0.2) is 0 Å². The van der Waals surface area contributed by atoms with Crippen molar-refractivity contribution in [3.8, 4) is 0 Å². The molecule has 0 spiro atoms. The summed E-state index contributed by atoms with van der Waals surface area (Å²) >= 11 is 0. The van der Waals surface area contributed by atoms with Gasteiger partial charge in [0, 0.05) is 32.2 Å². The summed E-state index contributed by atoms with van der Waals surface area (Å²) in [6, 6.07) is 9.90. The summed E-state index contributed by atoms with van der Waals surface area (Å²) in [5.41, 5.74) is 1.03. The van der Waals surface area contributed by atoms with Gasteiger partial charge in [0.2, 0.25) is 10.0 Å². The van der Waals surface area contributed by atoms with Crippen LogP contribution in [0, 0.1) is 0 Å². The minimum absolute atomic E-state index is 0.0479. The summed E-state index contributed by atoms with van der Waals surface area (Å²) in [5.74, 6) is 0.116. The zero-order valence-corrected chi connectivity index (χ0v) is 15.4. The van der Waals surface area contributed by atoms with Crippen molar-refractivity contribution in [1.29, 1.82) is 0 Å². The molecule has 1 N–H and O–H groups in total. The fourth-order valence-electron chi connectivity index (χ4n) is 3.53. The van der Waals surface area contributed by atoms with E-state index in [-0.39, 0.29) is 11.8 Å². The molecule has 0 atom stereocenters. The van der Waals surface area contributed by atoms with Crippen LogP contribution in [0.3, 0.4) is 0 Å². The van der Waals surface area contributed by atoms with Crippen LogP contribution in [0.1, 0.15) is 31.2 Å². The summed E-state index contributed by atoms with van der Waals surface area (Å²) in [6.07, 6.45) is 4.99. The SMILES string of the molecule is O=C(NC1CCCC1)N1CCN(S(=O)(=O)CCc2ccccc2)CC1. The first kappa shape index (κ1) is 18.2. The number of benzene rings is 1. The zero-order valence-electron chi connectivity index (χ0n) is 14.6. The highest BCUT2D eigenvalue weighted by molar-refractivity contribution is 7.89. The standard InChI is InChI=1S/C18H27N3O3S/c22-18(19-17-8-4-5-9-17)20-11-13-21(14-12-20)25(23,24)15-10-16-6-2-1-3-7-16/h1-3,6-7,17H,4-5,8-15H2,(H,19,22). The van der Waals surface area contributed by atoms with E-state index in [1.54, 1.807) is 4.90 Å². The Morgan fingerprint density at radius 2 is 1.68 bits per heavy atom. The normalized spacial score (nSPS) is 19.9. The number of nitrogens with one attached hydrogen (secondary N) is 1. The Balaban J connectivity index is 1.46. The summed E-state index contributed by atoms with van der Waals surface area (Å²) in [6.45, 7) is 1.69. The zero-order chi connectivity index (χ0) is 17.7. The summed E-state index contributed by atoms with van der Waals surface area (Å²) in [7, 11) is -3.28. The largest absolute Gasteiger partial charge is 0.335 e. The highest BCUT2D eigenvalue weighted by Gasteiger charge is 2.29. The topological polar surface area (TPSA) is 69.7 Å². The molecule has 0 bridgehead atoms. The number of urea groups is 1. The lowest BCUT2D eigenvalue weighted by molar-refractivity contribution is 0.169. The monoisotopic (exact) mass is 365 g/mol. The van der Waals surface area contributed by atoms with Crippen LogP contribution in [0.15, 0.2) is 30.3 Å². The number of rotatable bonds is 5. The summed E-state index contributed by atoms with van der Waals surface area (Å²) in [4.78, 5) is 14.0. The number of hydrogen-bond acceptors (Lipinski definition) is 3. The summed E-state index contributed by atoms with van der Waals surface area (Å²) in [5, 5.41) is 3.07. The van der Waals surface area contributed by atoms with Gasteiger partial charge in [0.25, 0.3) is 0 Å². The fraction of sp³-hybridized carbons (Fsp3) is 0.611. The molecule has 1 saturated heterocycles. The molecule has 1 aromatic rings. The molecular formula is C18H27N3O3S. The molecule has 0 radical (unpaired) electrons. The van der Waals surface area contributed by atoms with Gasteiger partial charge in [0.1, 0.15) is 0 Å². The van der Waals surface area contributed by atoms with Gasteiger partial charge >= 0.3 is 6.03 Å². The number of aryl methyl sites for hydroxylation is 1. The van der Waals surface area contributed by atoms with Gasteiger partial charge in [-0.05, 0) is 24.8 Å². The molecule has 1 aliphatic heterocycles. The van der Waals surface area contributed by atoms with Gasteiger partial charge in [-0.3, -0.25) is 0 Å². The van der Waals surface area contributed by atoms with Crippen LogP contribution in [0.4, 0.5) is 4.79 Å². The first-order valence-electron chi connectivity index (χ1n) is 9.12. The number of nitrogens with zero attached hydrogens (tertiary/aromatic N) is 2. The van der Waals surface area contributed by atoms with E-state index in [0.717, 1.165) is 18.4 Å². The van der Waals surface area contributed by atoms with Crippen LogP contribution in [0.2, 0.25) is 0 Å². The van der Waals surface area contributed by atoms with Crippen LogP contribution in [0.25, 0.3) is 0 Å². The number of hydrogen-bond donors (Lipinski definition) is 1. The Morgan fingerprint density at radius 1 is 1.04 bits per heavy atom. The van der Waals surface area contributed by atoms with Crippen molar-refractivity contribution in [1.82, 2.24) is 14.5 Å². The second kappa shape index (κ2) is 8.19. The van der Waals surface area contributed by atoms with Crippen molar-refractivity contribution >= 4 is 16.1 Å². The lowest BCUT2D eigenvalue weighted by Crippen LogP contribution is -2.54. The van der Waals surface area contributed by atoms with Crippen LogP contribution >= 0.6 is 0 Å². The highest BCUT2D eigenvalue weighted by Crippen LogP contribution is 2.18. The Hall–Kier alpha value is -1.60. The predicted molar refractivity (Wildman–Crippen MR) is 97.9 cm³/mol. The van der Waals surface area contributed by atoms with E-state index in [1.807, 2.05) is 30.3 Å². The lowest BCUT2D eigenvalue weighted by atomic mass is 10.2. The number of carbonyl (C=O) groups excluding carboxylic acids is 1. The van der Waals surface area contributed by atoms with E-state index in [1.165, 1.54) is 17.1 Å². The van der Waals surface area contributed by atoms with Crippen LogP contribution in [-0.2, 0) is 16.4 Å². The Bertz CT molecular complexity index is 664. The first-order valence-corrected chi connectivity index (χ1v) is 10.7. The van der Waals surface area contributed by atoms with E-state index >= 15 is 0 Å². The first-order chi connectivity index (χ1) is 12.0. The maximum absolute atomic E-state index is 12.5. The van der Waals surface area contributed by atoms with Gasteiger partial charge in [-0.2, -0.15) is 4.31 Å². The third-order valence-electron chi connectivity index (χ3n) is 5.09. The van der Waals surface area contributed by atoms with Crippen molar-refractivity contribution in [3.63, 3.8) is 0 Å². The second-order valence-corrected chi connectivity index (χ2v) is 8.96. The van der Waals surface area contributed by atoms with Crippen LogP contribution in [-0.4, -0.2) is 61.6 Å². The van der Waals surface area contributed by atoms with Crippen molar-refractivity contribution < 1.29 is 13.2 Å². The van der Waals surface area contributed by atoms with E-state index in [2.05, 4.69) is 5.32 Å². The average Bonchev–Trinajstić information content (AvgIpc) is 3.14. The molecule has 2 aliphatic rings. The van der Waals surface area contributed by atoms with Crippen molar-refractivity contribution in [2.45, 2.75) is 38.1 Å². The van der Waals surface area contributed by atoms with Gasteiger partial charge < -0.3 is 10.2 Å². The molecule has 2 fully saturated rings. The smallest absolute Gasteiger partial charge is 0.317 e. The molecule has 0 aromatic heterocycles. The van der Waals surface area contributed by atoms with Crippen LogP contribution < -0.4 is 5.32 Å². The molecule has 1 saturated carbocycles. The third-order valence-corrected chi connectivity index (χ3v) is 6.97. The van der Waals surface area contributed by atoms with Crippen LogP contribution in [0.5, 0.6) is 0 Å². The number of piperazine rings is 1. The van der Waals surface area contributed by atoms with E-state index in [9.17, 15) is 13.2 Å². The van der Waals surface area contributed by atoms with E-state index in [0.29, 0.717) is 38.6 Å². The molecule has 3 rings (SSSR count). The van der Waals surface area contributed by atoms with Crippen molar-refractivity contribution in [2.75, 3.05) is 31.9 Å². The van der Waals surface area contributed by atoms with Gasteiger partial charge in [-0.1, -0.05) is 43.2 Å². The molecule has 138 valence electrons. The quantitative estimate of drug-likeness (QED) is 0.865. The molecule has 2 amide bonds. The van der Waals surface area contributed by atoms with Gasteiger partial charge in [0.05, 0.1) is 5.75 Å². The average molecular weight is 365 g/mol. The number of carbonyl (C=O) groups is 1. The molecular weight excluding hydrogens is 338 g/mol. The van der Waals surface area contributed by atoms with Gasteiger partial charge in [-0.15, -0.1) is 0 Å². The number of amides is 2. The Morgan fingerprint density at radius 3 is 2.32 bits per heavy atom. The summed E-state index contributed by atoms with van der Waals surface area (Å²) < 4.78 is 26.6. The van der Waals surface area contributed by atoms with Gasteiger partial charge in [-0.25, -0.2) is 13.2 Å². The number of sulfonamides is 1. The molecule has 7 heteroatoms. The lowest BCUT2D eigenvalue weighted by Gasteiger charge is -2.34. The van der Waals surface area contributed by atoms with Crippen molar-refractivity contribution in [2.24, 2.45) is 0 Å². The predicted octanol–water partition coefficient (Wildman–Crippen LogP) is 1.83.